The highest BCUT2D eigenvalue weighted by Crippen LogP contribution is 2.25. The van der Waals surface area contributed by atoms with Gasteiger partial charge >= 0.3 is 5.97 Å². The molecule has 2 aromatic carbocycles. The minimum Gasteiger partial charge on any atom is -0.481 e. The molecule has 0 aliphatic carbocycles. The van der Waals surface area contributed by atoms with Crippen molar-refractivity contribution in [2.75, 3.05) is 0 Å². The number of aryl methyl sites for hydroxylation is 1. The summed E-state index contributed by atoms with van der Waals surface area (Å²) in [6.45, 7) is 0. The van der Waals surface area contributed by atoms with Crippen LogP contribution in [0.1, 0.15) is 12.0 Å². The van der Waals surface area contributed by atoms with Gasteiger partial charge in [-0.1, -0.05) is 48.0 Å². The fraction of sp³-hybridized carbons (Fsp3) is 0.0952. The molecule has 4 aromatic rings. The number of carbonyl (C=O) groups is 1. The van der Waals surface area contributed by atoms with E-state index >= 15 is 0 Å². The van der Waals surface area contributed by atoms with E-state index < -0.39 is 5.97 Å². The lowest BCUT2D eigenvalue weighted by Crippen LogP contribution is -1.97. The Morgan fingerprint density at radius 1 is 1.04 bits per heavy atom. The number of aromatic nitrogens is 3. The molecule has 134 valence electrons. The second-order valence-electron chi connectivity index (χ2n) is 6.25. The van der Waals surface area contributed by atoms with Gasteiger partial charge in [-0.15, -0.1) is 0 Å². The molecule has 0 bridgehead atoms. The summed E-state index contributed by atoms with van der Waals surface area (Å²) < 4.78 is 2.00. The molecule has 0 atom stereocenters. The molecule has 6 heteroatoms. The molecule has 0 saturated carbocycles. The van der Waals surface area contributed by atoms with Gasteiger partial charge in [-0.05, 0) is 24.1 Å². The van der Waals surface area contributed by atoms with Crippen molar-refractivity contribution in [2.45, 2.75) is 12.8 Å². The standard InChI is InChI=1S/C21H16ClN3O2/c22-17-3-1-2-16(10-17)18-13-25-19(11-24-20(25)12-23-18)15-7-4-14(5-8-15)6-9-21(26)27/h1-5,7-8,10-13H,6,9H2,(H,26,27). The van der Waals surface area contributed by atoms with Crippen molar-refractivity contribution < 1.29 is 9.90 Å². The summed E-state index contributed by atoms with van der Waals surface area (Å²) in [5.74, 6) is -0.790. The molecular formula is C21H16ClN3O2. The van der Waals surface area contributed by atoms with Gasteiger partial charge in [0.1, 0.15) is 0 Å². The van der Waals surface area contributed by atoms with Crippen LogP contribution in [0.3, 0.4) is 0 Å². The fourth-order valence-electron chi connectivity index (χ4n) is 2.99. The topological polar surface area (TPSA) is 67.5 Å². The Bertz CT molecular complexity index is 1120. The highest BCUT2D eigenvalue weighted by atomic mass is 35.5. The van der Waals surface area contributed by atoms with Crippen molar-refractivity contribution in [1.82, 2.24) is 14.4 Å². The second kappa shape index (κ2) is 7.21. The zero-order chi connectivity index (χ0) is 18.8. The monoisotopic (exact) mass is 377 g/mol. The van der Waals surface area contributed by atoms with E-state index in [0.29, 0.717) is 11.4 Å². The number of benzene rings is 2. The quantitative estimate of drug-likeness (QED) is 0.545. The summed E-state index contributed by atoms with van der Waals surface area (Å²) in [6, 6.07) is 15.5. The molecular weight excluding hydrogens is 362 g/mol. The van der Waals surface area contributed by atoms with Crippen LogP contribution >= 0.6 is 11.6 Å². The highest BCUT2D eigenvalue weighted by Gasteiger charge is 2.09. The van der Waals surface area contributed by atoms with E-state index in [2.05, 4.69) is 9.97 Å². The minimum absolute atomic E-state index is 0.129. The molecule has 0 fully saturated rings. The Hall–Kier alpha value is -3.18. The van der Waals surface area contributed by atoms with Crippen molar-refractivity contribution >= 4 is 23.2 Å². The third-order valence-electron chi connectivity index (χ3n) is 4.39. The summed E-state index contributed by atoms with van der Waals surface area (Å²) in [6.07, 6.45) is 6.14. The summed E-state index contributed by atoms with van der Waals surface area (Å²) >= 11 is 6.10. The number of imidazole rings is 1. The molecule has 0 amide bonds. The number of hydrogen-bond acceptors (Lipinski definition) is 3. The zero-order valence-corrected chi connectivity index (χ0v) is 15.1. The van der Waals surface area contributed by atoms with Gasteiger partial charge in [0.25, 0.3) is 0 Å². The van der Waals surface area contributed by atoms with Gasteiger partial charge in [-0.3, -0.25) is 14.2 Å². The van der Waals surface area contributed by atoms with Crippen LogP contribution in [0.25, 0.3) is 28.2 Å². The molecule has 0 unspecified atom stereocenters. The fourth-order valence-corrected chi connectivity index (χ4v) is 3.18. The average molecular weight is 378 g/mol. The van der Waals surface area contributed by atoms with Crippen LogP contribution in [0.2, 0.25) is 5.02 Å². The first-order valence-electron chi connectivity index (χ1n) is 8.50. The first-order valence-corrected chi connectivity index (χ1v) is 8.88. The predicted molar refractivity (Wildman–Crippen MR) is 105 cm³/mol. The number of aliphatic carboxylic acids is 1. The molecule has 2 heterocycles. The largest absolute Gasteiger partial charge is 0.481 e. The molecule has 0 spiro atoms. The molecule has 2 aromatic heterocycles. The molecule has 0 radical (unpaired) electrons. The zero-order valence-electron chi connectivity index (χ0n) is 14.3. The van der Waals surface area contributed by atoms with Crippen LogP contribution in [-0.2, 0) is 11.2 Å². The van der Waals surface area contributed by atoms with Crippen LogP contribution in [0.5, 0.6) is 0 Å². The van der Waals surface area contributed by atoms with Crippen molar-refractivity contribution in [3.63, 3.8) is 0 Å². The van der Waals surface area contributed by atoms with Crippen molar-refractivity contribution in [2.24, 2.45) is 0 Å². The molecule has 0 saturated heterocycles. The van der Waals surface area contributed by atoms with E-state index in [1.165, 1.54) is 0 Å². The van der Waals surface area contributed by atoms with E-state index in [9.17, 15) is 4.79 Å². The predicted octanol–water partition coefficient (Wildman–Crippen LogP) is 4.73. The summed E-state index contributed by atoms with van der Waals surface area (Å²) in [7, 11) is 0. The second-order valence-corrected chi connectivity index (χ2v) is 6.68. The number of carboxylic acid groups (broad SMARTS) is 1. The van der Waals surface area contributed by atoms with Crippen molar-refractivity contribution in [3.05, 3.63) is 77.7 Å². The SMILES string of the molecule is O=C(O)CCc1ccc(-c2cnc3cnc(-c4cccc(Cl)c4)cn23)cc1. The van der Waals surface area contributed by atoms with Crippen LogP contribution in [-0.4, -0.2) is 25.4 Å². The van der Waals surface area contributed by atoms with Crippen LogP contribution < -0.4 is 0 Å². The summed E-state index contributed by atoms with van der Waals surface area (Å²) in [4.78, 5) is 19.6. The highest BCUT2D eigenvalue weighted by molar-refractivity contribution is 6.30. The lowest BCUT2D eigenvalue weighted by Gasteiger charge is -2.06. The maximum Gasteiger partial charge on any atom is 0.303 e. The Morgan fingerprint density at radius 2 is 1.85 bits per heavy atom. The summed E-state index contributed by atoms with van der Waals surface area (Å²) in [5.41, 5.74) is 5.45. The van der Waals surface area contributed by atoms with Crippen LogP contribution in [0.4, 0.5) is 0 Å². The number of halogens is 1. The molecule has 5 nitrogen and oxygen atoms in total. The van der Waals surface area contributed by atoms with Gasteiger partial charge in [-0.2, -0.15) is 0 Å². The molecule has 0 aliphatic rings. The number of nitrogens with zero attached hydrogens (tertiary/aromatic N) is 3. The molecule has 1 N–H and O–H groups in total. The van der Waals surface area contributed by atoms with Gasteiger partial charge in [0, 0.05) is 28.8 Å². The van der Waals surface area contributed by atoms with Gasteiger partial charge in [0.05, 0.1) is 23.8 Å². The Labute approximate surface area is 160 Å². The molecule has 27 heavy (non-hydrogen) atoms. The summed E-state index contributed by atoms with van der Waals surface area (Å²) in [5, 5.41) is 9.47. The normalized spacial score (nSPS) is 11.0. The Morgan fingerprint density at radius 3 is 2.59 bits per heavy atom. The van der Waals surface area contributed by atoms with Gasteiger partial charge < -0.3 is 5.11 Å². The van der Waals surface area contributed by atoms with Gasteiger partial charge in [0.2, 0.25) is 0 Å². The molecule has 0 aliphatic heterocycles. The third kappa shape index (κ3) is 3.68. The maximum absolute atomic E-state index is 10.7. The van der Waals surface area contributed by atoms with E-state index in [-0.39, 0.29) is 6.42 Å². The first kappa shape index (κ1) is 17.2. The maximum atomic E-state index is 10.7. The van der Waals surface area contributed by atoms with E-state index in [0.717, 1.165) is 33.7 Å². The smallest absolute Gasteiger partial charge is 0.303 e. The Balaban J connectivity index is 1.70. The van der Waals surface area contributed by atoms with E-state index in [1.54, 1.807) is 6.20 Å². The van der Waals surface area contributed by atoms with Crippen molar-refractivity contribution in [1.29, 1.82) is 0 Å². The number of rotatable bonds is 5. The third-order valence-corrected chi connectivity index (χ3v) is 4.63. The van der Waals surface area contributed by atoms with E-state index in [4.69, 9.17) is 16.7 Å². The van der Waals surface area contributed by atoms with Gasteiger partial charge in [-0.25, -0.2) is 4.98 Å². The molecule has 4 rings (SSSR count). The lowest BCUT2D eigenvalue weighted by molar-refractivity contribution is -0.136. The number of hydrogen-bond donors (Lipinski definition) is 1. The number of carboxylic acids is 1. The van der Waals surface area contributed by atoms with Crippen LogP contribution in [0.15, 0.2) is 67.1 Å². The van der Waals surface area contributed by atoms with Gasteiger partial charge in [0.15, 0.2) is 5.65 Å². The number of fused-ring (bicyclic) bond motifs is 1. The first-order chi connectivity index (χ1) is 13.1. The van der Waals surface area contributed by atoms with Crippen LogP contribution in [0, 0.1) is 0 Å². The van der Waals surface area contributed by atoms with E-state index in [1.807, 2.05) is 65.3 Å². The van der Waals surface area contributed by atoms with Crippen molar-refractivity contribution in [3.8, 4) is 22.5 Å². The lowest BCUT2D eigenvalue weighted by atomic mass is 10.1. The average Bonchev–Trinajstić information content (AvgIpc) is 3.10. The minimum atomic E-state index is -0.790. The Kier molecular flexibility index (Phi) is 4.60.